The van der Waals surface area contributed by atoms with E-state index in [9.17, 15) is 14.4 Å². The van der Waals surface area contributed by atoms with E-state index >= 15 is 0 Å². The molecule has 96 valence electrons. The van der Waals surface area contributed by atoms with Gasteiger partial charge in [0.2, 0.25) is 5.91 Å². The Hall–Kier alpha value is -2.44. The van der Waals surface area contributed by atoms with Crippen LogP contribution in [0.2, 0.25) is 0 Å². The molecule has 18 heavy (non-hydrogen) atoms. The number of aromatic carboxylic acids is 1. The lowest BCUT2D eigenvalue weighted by Crippen LogP contribution is -2.35. The van der Waals surface area contributed by atoms with Crippen molar-refractivity contribution < 1.29 is 19.5 Å². The summed E-state index contributed by atoms with van der Waals surface area (Å²) < 4.78 is 0. The van der Waals surface area contributed by atoms with Gasteiger partial charge in [0, 0.05) is 7.05 Å². The molecule has 0 unspecified atom stereocenters. The Bertz CT molecular complexity index is 499. The van der Waals surface area contributed by atoms with Gasteiger partial charge < -0.3 is 15.7 Å². The first-order valence-electron chi connectivity index (χ1n) is 5.15. The number of carboxylic acids is 1. The van der Waals surface area contributed by atoms with Gasteiger partial charge in [0.1, 0.15) is 5.69 Å². The Morgan fingerprint density at radius 3 is 2.50 bits per heavy atom. The van der Waals surface area contributed by atoms with Crippen LogP contribution in [0.15, 0.2) is 12.1 Å². The van der Waals surface area contributed by atoms with Gasteiger partial charge in [-0.15, -0.1) is 0 Å². The maximum Gasteiger partial charge on any atom is 0.337 e. The molecule has 0 aliphatic heterocycles. The smallest absolute Gasteiger partial charge is 0.337 e. The lowest BCUT2D eigenvalue weighted by atomic mass is 10.2. The molecule has 0 saturated heterocycles. The second-order valence-electron chi connectivity index (χ2n) is 3.49. The number of carbonyl (C=O) groups is 3. The van der Waals surface area contributed by atoms with Crippen molar-refractivity contribution in [3.63, 3.8) is 0 Å². The Balaban J connectivity index is 2.79. The van der Waals surface area contributed by atoms with Crippen molar-refractivity contribution in [2.45, 2.75) is 6.92 Å². The summed E-state index contributed by atoms with van der Waals surface area (Å²) in [5.41, 5.74) is 0.356. The molecule has 0 saturated carbocycles. The van der Waals surface area contributed by atoms with Crippen LogP contribution in [0.25, 0.3) is 0 Å². The molecule has 2 amide bonds. The fourth-order valence-electron chi connectivity index (χ4n) is 1.25. The molecule has 0 atom stereocenters. The monoisotopic (exact) mass is 251 g/mol. The molecule has 0 spiro atoms. The van der Waals surface area contributed by atoms with Crippen molar-refractivity contribution in [2.24, 2.45) is 0 Å². The molecule has 0 fully saturated rings. The minimum absolute atomic E-state index is 0.0397. The van der Waals surface area contributed by atoms with Gasteiger partial charge in [-0.05, 0) is 19.1 Å². The summed E-state index contributed by atoms with van der Waals surface area (Å²) in [6.45, 7) is 1.34. The standard InChI is InChI=1S/C11H13N3O4/c1-6-7(11(17)18)3-4-8(14-6)10(16)13-5-9(15)12-2/h3-4H,5H2,1-2H3,(H,12,15)(H,13,16)(H,17,18). The summed E-state index contributed by atoms with van der Waals surface area (Å²) in [6, 6.07) is 2.61. The predicted octanol–water partition coefficient (Wildman–Crippen LogP) is -0.436. The van der Waals surface area contributed by atoms with E-state index in [4.69, 9.17) is 5.11 Å². The molecule has 1 aromatic heterocycles. The van der Waals surface area contributed by atoms with Gasteiger partial charge in [0.25, 0.3) is 5.91 Å². The fourth-order valence-corrected chi connectivity index (χ4v) is 1.25. The lowest BCUT2D eigenvalue weighted by Gasteiger charge is -2.05. The number of amides is 2. The van der Waals surface area contributed by atoms with Gasteiger partial charge in [-0.1, -0.05) is 0 Å². The highest BCUT2D eigenvalue weighted by atomic mass is 16.4. The van der Waals surface area contributed by atoms with Crippen molar-refractivity contribution in [3.05, 3.63) is 29.1 Å². The molecule has 3 N–H and O–H groups in total. The van der Waals surface area contributed by atoms with Crippen LogP contribution in [-0.4, -0.2) is 41.5 Å². The third-order valence-electron chi connectivity index (χ3n) is 2.24. The Labute approximate surface area is 103 Å². The highest BCUT2D eigenvalue weighted by molar-refractivity contribution is 5.96. The molecule has 0 aliphatic rings. The van der Waals surface area contributed by atoms with Gasteiger partial charge in [-0.2, -0.15) is 0 Å². The van der Waals surface area contributed by atoms with E-state index in [0.29, 0.717) is 0 Å². The van der Waals surface area contributed by atoms with E-state index in [0.717, 1.165) is 0 Å². The van der Waals surface area contributed by atoms with Gasteiger partial charge >= 0.3 is 5.97 Å². The molecule has 7 nitrogen and oxygen atoms in total. The van der Waals surface area contributed by atoms with Gasteiger partial charge in [-0.3, -0.25) is 9.59 Å². The number of aryl methyl sites for hydroxylation is 1. The number of nitrogens with zero attached hydrogens (tertiary/aromatic N) is 1. The van der Waals surface area contributed by atoms with Crippen molar-refractivity contribution >= 4 is 17.8 Å². The Morgan fingerprint density at radius 2 is 2.00 bits per heavy atom. The molecular formula is C11H13N3O4. The quantitative estimate of drug-likeness (QED) is 0.672. The van der Waals surface area contributed by atoms with Gasteiger partial charge in [0.15, 0.2) is 0 Å². The summed E-state index contributed by atoms with van der Waals surface area (Å²) in [5, 5.41) is 13.5. The second kappa shape index (κ2) is 5.76. The molecule has 0 bridgehead atoms. The predicted molar refractivity (Wildman–Crippen MR) is 62.3 cm³/mol. The molecule has 1 rings (SSSR count). The zero-order valence-corrected chi connectivity index (χ0v) is 9.98. The number of nitrogens with one attached hydrogen (secondary N) is 2. The van der Waals surface area contributed by atoms with Crippen LogP contribution in [0.4, 0.5) is 0 Å². The average Bonchev–Trinajstić information content (AvgIpc) is 2.34. The van der Waals surface area contributed by atoms with Crippen LogP contribution in [0.3, 0.4) is 0 Å². The first kappa shape index (κ1) is 13.6. The van der Waals surface area contributed by atoms with E-state index < -0.39 is 11.9 Å². The summed E-state index contributed by atoms with van der Waals surface area (Å²) in [6.07, 6.45) is 0. The minimum Gasteiger partial charge on any atom is -0.478 e. The van der Waals surface area contributed by atoms with Gasteiger partial charge in [-0.25, -0.2) is 9.78 Å². The summed E-state index contributed by atoms with van der Waals surface area (Å²) in [5.74, 6) is -1.96. The molecule has 0 aliphatic carbocycles. The number of hydrogen-bond donors (Lipinski definition) is 3. The Kier molecular flexibility index (Phi) is 4.36. The molecule has 1 heterocycles. The number of hydrogen-bond acceptors (Lipinski definition) is 4. The van der Waals surface area contributed by atoms with Crippen LogP contribution in [0, 0.1) is 6.92 Å². The summed E-state index contributed by atoms with van der Waals surface area (Å²) >= 11 is 0. The third kappa shape index (κ3) is 3.27. The van der Waals surface area contributed by atoms with Crippen LogP contribution in [-0.2, 0) is 4.79 Å². The molecular weight excluding hydrogens is 238 g/mol. The van der Waals surface area contributed by atoms with Crippen molar-refractivity contribution in [1.29, 1.82) is 0 Å². The number of carbonyl (C=O) groups excluding carboxylic acids is 2. The molecule has 0 aromatic carbocycles. The number of pyridine rings is 1. The van der Waals surface area contributed by atoms with Crippen LogP contribution in [0.1, 0.15) is 26.5 Å². The van der Waals surface area contributed by atoms with E-state index in [-0.39, 0.29) is 29.4 Å². The number of carboxylic acid groups (broad SMARTS) is 1. The molecule has 7 heteroatoms. The highest BCUT2D eigenvalue weighted by Gasteiger charge is 2.13. The van der Waals surface area contributed by atoms with Crippen molar-refractivity contribution in [3.8, 4) is 0 Å². The number of rotatable bonds is 4. The van der Waals surface area contributed by atoms with Crippen LogP contribution in [0.5, 0.6) is 0 Å². The lowest BCUT2D eigenvalue weighted by molar-refractivity contribution is -0.119. The van der Waals surface area contributed by atoms with Crippen LogP contribution < -0.4 is 10.6 Å². The topological polar surface area (TPSA) is 108 Å². The molecule has 0 radical (unpaired) electrons. The zero-order valence-electron chi connectivity index (χ0n) is 9.98. The largest absolute Gasteiger partial charge is 0.478 e. The number of aromatic nitrogens is 1. The summed E-state index contributed by atoms with van der Waals surface area (Å²) in [4.78, 5) is 37.2. The van der Waals surface area contributed by atoms with E-state index in [1.54, 1.807) is 0 Å². The van der Waals surface area contributed by atoms with Crippen molar-refractivity contribution in [1.82, 2.24) is 15.6 Å². The van der Waals surface area contributed by atoms with Crippen molar-refractivity contribution in [2.75, 3.05) is 13.6 Å². The highest BCUT2D eigenvalue weighted by Crippen LogP contribution is 2.06. The van der Waals surface area contributed by atoms with E-state index in [1.807, 2.05) is 0 Å². The van der Waals surface area contributed by atoms with E-state index in [2.05, 4.69) is 15.6 Å². The Morgan fingerprint density at radius 1 is 1.33 bits per heavy atom. The summed E-state index contributed by atoms with van der Waals surface area (Å²) in [7, 11) is 1.46. The first-order valence-corrected chi connectivity index (χ1v) is 5.15. The second-order valence-corrected chi connectivity index (χ2v) is 3.49. The maximum atomic E-state index is 11.6. The van der Waals surface area contributed by atoms with Gasteiger partial charge in [0.05, 0.1) is 17.8 Å². The SMILES string of the molecule is CNC(=O)CNC(=O)c1ccc(C(=O)O)c(C)n1. The van der Waals surface area contributed by atoms with E-state index in [1.165, 1.54) is 26.1 Å². The molecule has 1 aromatic rings. The normalized spacial score (nSPS) is 9.67. The average molecular weight is 251 g/mol. The van der Waals surface area contributed by atoms with Crippen LogP contribution >= 0.6 is 0 Å². The first-order chi connectivity index (χ1) is 8.45. The third-order valence-corrected chi connectivity index (χ3v) is 2.24. The number of likely N-dealkylation sites (N-methyl/N-ethyl adjacent to an activating group) is 1. The fraction of sp³-hybridized carbons (Fsp3) is 0.273. The minimum atomic E-state index is -1.10. The maximum absolute atomic E-state index is 11.6. The zero-order chi connectivity index (χ0) is 13.7.